The van der Waals surface area contributed by atoms with E-state index in [0.717, 1.165) is 17.7 Å². The van der Waals surface area contributed by atoms with Gasteiger partial charge in [-0.3, -0.25) is 4.79 Å². The van der Waals surface area contributed by atoms with Crippen LogP contribution in [-0.2, 0) is 0 Å². The van der Waals surface area contributed by atoms with Gasteiger partial charge in [0.25, 0.3) is 5.91 Å². The lowest BCUT2D eigenvalue weighted by atomic mass is 9.89. The molecule has 0 aromatic heterocycles. The fourth-order valence-electron chi connectivity index (χ4n) is 3.03. The van der Waals surface area contributed by atoms with Crippen molar-refractivity contribution in [2.24, 2.45) is 0 Å². The number of para-hydroxylation sites is 1. The minimum absolute atomic E-state index is 0.0795. The first-order valence-corrected chi connectivity index (χ1v) is 8.41. The number of rotatable bonds is 5. The highest BCUT2D eigenvalue weighted by atomic mass is 16.5. The summed E-state index contributed by atoms with van der Waals surface area (Å²) in [6.07, 6.45) is 2.40. The Bertz CT molecular complexity index is 765. The molecule has 0 saturated heterocycles. The number of hydrogen-bond donors (Lipinski definition) is 1. The van der Waals surface area contributed by atoms with Gasteiger partial charge in [0.2, 0.25) is 0 Å². The van der Waals surface area contributed by atoms with Gasteiger partial charge < -0.3 is 14.8 Å². The average molecular weight is 337 g/mol. The van der Waals surface area contributed by atoms with Crippen molar-refractivity contribution in [2.45, 2.75) is 31.9 Å². The number of nitrogens with one attached hydrogen (secondary N) is 1. The SMILES string of the molecule is C=CCOc1ccc(C(=O)N[C@H]2CC(C)(C)Oc3ccccc32)cc1. The van der Waals surface area contributed by atoms with Crippen molar-refractivity contribution in [1.29, 1.82) is 0 Å². The third-order valence-electron chi connectivity index (χ3n) is 4.17. The number of amides is 1. The van der Waals surface area contributed by atoms with Crippen molar-refractivity contribution in [1.82, 2.24) is 5.32 Å². The fourth-order valence-corrected chi connectivity index (χ4v) is 3.03. The molecule has 0 saturated carbocycles. The van der Waals surface area contributed by atoms with E-state index >= 15 is 0 Å². The van der Waals surface area contributed by atoms with Crippen LogP contribution >= 0.6 is 0 Å². The first kappa shape index (κ1) is 17.1. The Hall–Kier alpha value is -2.75. The Labute approximate surface area is 148 Å². The molecule has 0 spiro atoms. The molecule has 1 N–H and O–H groups in total. The van der Waals surface area contributed by atoms with Crippen molar-refractivity contribution in [3.8, 4) is 11.5 Å². The highest BCUT2D eigenvalue weighted by Crippen LogP contribution is 2.39. The molecule has 1 amide bonds. The maximum Gasteiger partial charge on any atom is 0.251 e. The highest BCUT2D eigenvalue weighted by Gasteiger charge is 2.34. The van der Waals surface area contributed by atoms with Gasteiger partial charge in [-0.15, -0.1) is 0 Å². The van der Waals surface area contributed by atoms with E-state index in [4.69, 9.17) is 9.47 Å². The van der Waals surface area contributed by atoms with Crippen molar-refractivity contribution >= 4 is 5.91 Å². The molecule has 0 radical (unpaired) electrons. The van der Waals surface area contributed by atoms with Gasteiger partial charge in [-0.25, -0.2) is 0 Å². The van der Waals surface area contributed by atoms with Crippen LogP contribution in [0.15, 0.2) is 61.2 Å². The maximum absolute atomic E-state index is 12.7. The molecule has 4 heteroatoms. The summed E-state index contributed by atoms with van der Waals surface area (Å²) in [5.74, 6) is 1.44. The summed E-state index contributed by atoms with van der Waals surface area (Å²) in [5, 5.41) is 3.13. The van der Waals surface area contributed by atoms with Crippen LogP contribution < -0.4 is 14.8 Å². The summed E-state index contributed by atoms with van der Waals surface area (Å²) in [6.45, 7) is 8.13. The van der Waals surface area contributed by atoms with Gasteiger partial charge in [0.1, 0.15) is 23.7 Å². The van der Waals surface area contributed by atoms with Gasteiger partial charge >= 0.3 is 0 Å². The van der Waals surface area contributed by atoms with E-state index in [1.54, 1.807) is 30.3 Å². The molecule has 0 unspecified atom stereocenters. The van der Waals surface area contributed by atoms with E-state index in [1.807, 2.05) is 38.1 Å². The van der Waals surface area contributed by atoms with Gasteiger partial charge in [0, 0.05) is 17.5 Å². The van der Waals surface area contributed by atoms with Crippen LogP contribution in [0.25, 0.3) is 0 Å². The van der Waals surface area contributed by atoms with Crippen molar-refractivity contribution in [3.05, 3.63) is 72.3 Å². The number of hydrogen-bond acceptors (Lipinski definition) is 3. The predicted octanol–water partition coefficient (Wildman–Crippen LogP) is 4.28. The zero-order chi connectivity index (χ0) is 17.9. The number of benzene rings is 2. The van der Waals surface area contributed by atoms with E-state index in [1.165, 1.54) is 0 Å². The standard InChI is InChI=1S/C21H23NO3/c1-4-13-24-16-11-9-15(10-12-16)20(23)22-18-14-21(2,3)25-19-8-6-5-7-17(18)19/h4-12,18H,1,13-14H2,2-3H3,(H,22,23)/t18-/m0/s1. The highest BCUT2D eigenvalue weighted by molar-refractivity contribution is 5.94. The third kappa shape index (κ3) is 4.02. The second-order valence-corrected chi connectivity index (χ2v) is 6.75. The van der Waals surface area contributed by atoms with E-state index in [2.05, 4.69) is 11.9 Å². The molecular weight excluding hydrogens is 314 g/mol. The summed E-state index contributed by atoms with van der Waals surface area (Å²) < 4.78 is 11.5. The molecule has 4 nitrogen and oxygen atoms in total. The Morgan fingerprint density at radius 2 is 2.00 bits per heavy atom. The zero-order valence-electron chi connectivity index (χ0n) is 14.6. The van der Waals surface area contributed by atoms with Crippen LogP contribution in [0.1, 0.15) is 42.2 Å². The van der Waals surface area contributed by atoms with Gasteiger partial charge in [0.05, 0.1) is 6.04 Å². The van der Waals surface area contributed by atoms with Crippen molar-refractivity contribution in [2.75, 3.05) is 6.61 Å². The summed E-state index contributed by atoms with van der Waals surface area (Å²) in [4.78, 5) is 12.7. The molecule has 0 fully saturated rings. The Morgan fingerprint density at radius 3 is 2.72 bits per heavy atom. The van der Waals surface area contributed by atoms with Gasteiger partial charge in [-0.1, -0.05) is 30.9 Å². The lowest BCUT2D eigenvalue weighted by molar-refractivity contribution is 0.0620. The topological polar surface area (TPSA) is 47.6 Å². The van der Waals surface area contributed by atoms with Crippen LogP contribution in [0.3, 0.4) is 0 Å². The van der Waals surface area contributed by atoms with Crippen LogP contribution in [0.5, 0.6) is 11.5 Å². The molecule has 2 aromatic carbocycles. The van der Waals surface area contributed by atoms with E-state index < -0.39 is 0 Å². The Morgan fingerprint density at radius 1 is 1.28 bits per heavy atom. The minimum atomic E-state index is -0.325. The predicted molar refractivity (Wildman–Crippen MR) is 98.1 cm³/mol. The van der Waals surface area contributed by atoms with Crippen LogP contribution in [-0.4, -0.2) is 18.1 Å². The molecule has 1 heterocycles. The molecule has 130 valence electrons. The number of carbonyl (C=O) groups is 1. The Kier molecular flexibility index (Phi) is 4.79. The molecule has 25 heavy (non-hydrogen) atoms. The van der Waals surface area contributed by atoms with Crippen LogP contribution in [0.2, 0.25) is 0 Å². The van der Waals surface area contributed by atoms with Gasteiger partial charge in [-0.05, 0) is 44.2 Å². The largest absolute Gasteiger partial charge is 0.490 e. The van der Waals surface area contributed by atoms with Crippen LogP contribution in [0.4, 0.5) is 0 Å². The van der Waals surface area contributed by atoms with Gasteiger partial charge in [-0.2, -0.15) is 0 Å². The molecule has 3 rings (SSSR count). The smallest absolute Gasteiger partial charge is 0.251 e. The van der Waals surface area contributed by atoms with Crippen molar-refractivity contribution < 1.29 is 14.3 Å². The monoisotopic (exact) mass is 337 g/mol. The zero-order valence-corrected chi connectivity index (χ0v) is 14.6. The van der Waals surface area contributed by atoms with E-state index in [0.29, 0.717) is 17.9 Å². The first-order chi connectivity index (χ1) is 12.0. The number of fused-ring (bicyclic) bond motifs is 1. The minimum Gasteiger partial charge on any atom is -0.490 e. The second-order valence-electron chi connectivity index (χ2n) is 6.75. The molecule has 1 aliphatic rings. The molecule has 2 aromatic rings. The molecular formula is C21H23NO3. The normalized spacial score (nSPS) is 17.8. The van der Waals surface area contributed by atoms with Crippen molar-refractivity contribution in [3.63, 3.8) is 0 Å². The quantitative estimate of drug-likeness (QED) is 0.828. The summed E-state index contributed by atoms with van der Waals surface area (Å²) in [7, 11) is 0. The van der Waals surface area contributed by atoms with E-state index in [-0.39, 0.29) is 17.6 Å². The second kappa shape index (κ2) is 7.01. The lowest BCUT2D eigenvalue weighted by Crippen LogP contribution is -2.41. The molecule has 0 bridgehead atoms. The number of ether oxygens (including phenoxy) is 2. The summed E-state index contributed by atoms with van der Waals surface area (Å²) in [5.41, 5.74) is 1.29. The third-order valence-corrected chi connectivity index (χ3v) is 4.17. The Balaban J connectivity index is 1.75. The first-order valence-electron chi connectivity index (χ1n) is 8.41. The maximum atomic E-state index is 12.7. The number of carbonyl (C=O) groups excluding carboxylic acids is 1. The van der Waals surface area contributed by atoms with E-state index in [9.17, 15) is 4.79 Å². The van der Waals surface area contributed by atoms with Gasteiger partial charge in [0.15, 0.2) is 0 Å². The molecule has 1 aliphatic heterocycles. The molecule has 1 atom stereocenters. The summed E-state index contributed by atoms with van der Waals surface area (Å²) in [6, 6.07) is 14.9. The fraction of sp³-hybridized carbons (Fsp3) is 0.286. The van der Waals surface area contributed by atoms with Crippen LogP contribution in [0, 0.1) is 0 Å². The molecule has 0 aliphatic carbocycles. The lowest BCUT2D eigenvalue weighted by Gasteiger charge is -2.37. The summed E-state index contributed by atoms with van der Waals surface area (Å²) >= 11 is 0. The average Bonchev–Trinajstić information content (AvgIpc) is 2.59.